The fraction of sp³-hybridized carbons (Fsp3) is 0.649. The Labute approximate surface area is 432 Å². The minimum absolute atomic E-state index is 0.0116. The lowest BCUT2D eigenvalue weighted by atomic mass is 9.83. The second-order valence-corrected chi connectivity index (χ2v) is 21.8. The molecule has 0 amide bonds. The number of fused-ring (bicyclic) bond motifs is 6. The Morgan fingerprint density at radius 2 is 1.38 bits per heavy atom. The maximum Gasteiger partial charge on any atom is 0.338 e. The predicted molar refractivity (Wildman–Crippen MR) is 261 cm³/mol. The molecule has 2 aromatic carbocycles. The summed E-state index contributed by atoms with van der Waals surface area (Å²) in [5.74, 6) is -3.08. The van der Waals surface area contributed by atoms with E-state index in [0.717, 1.165) is 29.6 Å². The van der Waals surface area contributed by atoms with Crippen LogP contribution in [0.1, 0.15) is 111 Å². The largest absolute Gasteiger partial charge is 0.459 e. The second-order valence-electron chi connectivity index (χ2n) is 21.8. The third kappa shape index (κ3) is 10.9. The van der Waals surface area contributed by atoms with Crippen LogP contribution >= 0.6 is 0 Å². The number of carbonyl (C=O) groups is 4. The highest BCUT2D eigenvalue weighted by atomic mass is 16.8. The Kier molecular flexibility index (Phi) is 15.6. The molecule has 1 spiro atoms. The van der Waals surface area contributed by atoms with E-state index in [4.69, 9.17) is 61.6 Å². The maximum absolute atomic E-state index is 14.7. The number of benzene rings is 2. The molecular weight excluding hydrogens is 957 g/mol. The summed E-state index contributed by atoms with van der Waals surface area (Å²) in [5.41, 5.74) is 3.59. The van der Waals surface area contributed by atoms with Gasteiger partial charge in [-0.25, -0.2) is 14.4 Å². The third-order valence-electron chi connectivity index (χ3n) is 16.8. The normalized spacial score (nSPS) is 39.0. The Balaban J connectivity index is 0.891. The molecule has 0 radical (unpaired) electrons. The smallest absolute Gasteiger partial charge is 0.338 e. The topological polar surface area (TPSA) is 188 Å². The highest BCUT2D eigenvalue weighted by Gasteiger charge is 2.69. The Morgan fingerprint density at radius 1 is 0.689 bits per heavy atom. The second kappa shape index (κ2) is 22.3. The molecular formula is C57H70O17. The highest BCUT2D eigenvalue weighted by molar-refractivity contribution is 5.90. The number of methoxy groups -OCH3 is 2. The van der Waals surface area contributed by atoms with E-state index in [9.17, 15) is 19.2 Å². The van der Waals surface area contributed by atoms with Crippen LogP contribution in [0.3, 0.4) is 0 Å². The minimum Gasteiger partial charge on any atom is -0.459 e. The summed E-state index contributed by atoms with van der Waals surface area (Å²) in [4.78, 5) is 54.5. The number of ketones is 1. The van der Waals surface area contributed by atoms with E-state index in [1.807, 2.05) is 6.92 Å². The molecule has 0 saturated carbocycles. The maximum atomic E-state index is 14.7. The quantitative estimate of drug-likeness (QED) is 0.127. The van der Waals surface area contributed by atoms with Gasteiger partial charge in [-0.2, -0.15) is 0 Å². The van der Waals surface area contributed by atoms with Crippen molar-refractivity contribution >= 4 is 23.7 Å². The van der Waals surface area contributed by atoms with Gasteiger partial charge in [0.05, 0.1) is 72.2 Å². The number of hydrogen-bond donors (Lipinski definition) is 0. The lowest BCUT2D eigenvalue weighted by Gasteiger charge is -2.47. The van der Waals surface area contributed by atoms with Crippen molar-refractivity contribution in [3.63, 3.8) is 0 Å². The van der Waals surface area contributed by atoms with Crippen LogP contribution in [0.15, 0.2) is 84.0 Å². The van der Waals surface area contributed by atoms with Gasteiger partial charge in [-0.15, -0.1) is 0 Å². The first-order valence-corrected chi connectivity index (χ1v) is 26.7. The molecule has 10 heterocycles. The van der Waals surface area contributed by atoms with Crippen LogP contribution < -0.4 is 0 Å². The SMILES string of the molecule is C=C1CC2CC[C@@]34CC5O[C@H]6[C@@H](O3)[C@H]3O[C@H](CC[C@@H]3O[C@H]6[C@H]5O4)CC(=O)CC3[C@H](C[C@H]4OC(CCC1O2)CC(C)=C4COC(=O)COC)O[C@H](C[C@@H](COC(=O)c1ccccc1)OC(=O)c1ccccc1)[C@@H]3OC. The van der Waals surface area contributed by atoms with Crippen molar-refractivity contribution in [2.24, 2.45) is 5.92 Å². The van der Waals surface area contributed by atoms with Crippen LogP contribution in [0.4, 0.5) is 0 Å². The zero-order chi connectivity index (χ0) is 51.1. The van der Waals surface area contributed by atoms with Gasteiger partial charge in [0.25, 0.3) is 0 Å². The summed E-state index contributed by atoms with van der Waals surface area (Å²) in [5, 5.41) is 0. The number of Topliss-reactive ketones (excluding diaryl/α,β-unsaturated/α-hetero) is 1. The molecule has 12 rings (SSSR count). The van der Waals surface area contributed by atoms with Gasteiger partial charge in [0.15, 0.2) is 5.79 Å². The molecule has 2 aromatic rings. The zero-order valence-electron chi connectivity index (χ0n) is 42.5. The zero-order valence-corrected chi connectivity index (χ0v) is 42.5. The minimum atomic E-state index is -0.966. The van der Waals surface area contributed by atoms with Crippen molar-refractivity contribution in [2.75, 3.05) is 34.0 Å². The monoisotopic (exact) mass is 1030 g/mol. The molecule has 400 valence electrons. The van der Waals surface area contributed by atoms with Gasteiger partial charge in [-0.1, -0.05) is 48.6 Å². The van der Waals surface area contributed by atoms with Crippen LogP contribution in [0.2, 0.25) is 0 Å². The van der Waals surface area contributed by atoms with E-state index in [-0.39, 0.29) is 93.7 Å². The van der Waals surface area contributed by atoms with E-state index in [1.165, 1.54) is 7.11 Å². The van der Waals surface area contributed by atoms with E-state index in [1.54, 1.807) is 67.8 Å². The molecule has 17 nitrogen and oxygen atoms in total. The summed E-state index contributed by atoms with van der Waals surface area (Å²) in [6.45, 7) is 6.03. The fourth-order valence-electron chi connectivity index (χ4n) is 13.3. The number of carbonyl (C=O) groups excluding carboxylic acids is 4. The lowest BCUT2D eigenvalue weighted by Crippen LogP contribution is -2.61. The van der Waals surface area contributed by atoms with Crippen molar-refractivity contribution in [3.05, 3.63) is 95.1 Å². The van der Waals surface area contributed by atoms with Crippen LogP contribution in [-0.4, -0.2) is 161 Å². The Hall–Kier alpha value is -4.40. The molecule has 12 bridgehead atoms. The third-order valence-corrected chi connectivity index (χ3v) is 16.8. The van der Waals surface area contributed by atoms with E-state index < -0.39 is 78.4 Å². The molecule has 5 unspecified atom stereocenters. The van der Waals surface area contributed by atoms with Gasteiger partial charge in [0.2, 0.25) is 0 Å². The van der Waals surface area contributed by atoms with Gasteiger partial charge in [0, 0.05) is 58.7 Å². The summed E-state index contributed by atoms with van der Waals surface area (Å²) in [7, 11) is 3.03. The van der Waals surface area contributed by atoms with Crippen molar-refractivity contribution in [1.29, 1.82) is 0 Å². The molecule has 10 aliphatic rings. The molecule has 17 heteroatoms. The van der Waals surface area contributed by atoms with Crippen molar-refractivity contribution in [1.82, 2.24) is 0 Å². The summed E-state index contributed by atoms with van der Waals surface area (Å²) in [6.07, 6.45) is 0.0812. The average Bonchev–Trinajstić information content (AvgIpc) is 4.08. The highest BCUT2D eigenvalue weighted by Crippen LogP contribution is 2.54. The number of ether oxygens (including phenoxy) is 13. The van der Waals surface area contributed by atoms with E-state index in [2.05, 4.69) is 6.58 Å². The number of esters is 3. The van der Waals surface area contributed by atoms with Gasteiger partial charge in [0.1, 0.15) is 62.2 Å². The first kappa shape index (κ1) is 51.7. The molecule has 18 atom stereocenters. The average molecular weight is 1030 g/mol. The predicted octanol–water partition coefficient (Wildman–Crippen LogP) is 6.51. The summed E-state index contributed by atoms with van der Waals surface area (Å²) >= 11 is 0. The van der Waals surface area contributed by atoms with Gasteiger partial charge >= 0.3 is 17.9 Å². The van der Waals surface area contributed by atoms with Crippen molar-refractivity contribution in [3.8, 4) is 0 Å². The van der Waals surface area contributed by atoms with Crippen LogP contribution in [0, 0.1) is 5.92 Å². The van der Waals surface area contributed by atoms with E-state index >= 15 is 0 Å². The molecule has 9 saturated heterocycles. The first-order valence-electron chi connectivity index (χ1n) is 26.7. The van der Waals surface area contributed by atoms with Crippen molar-refractivity contribution < 1.29 is 80.8 Å². The van der Waals surface area contributed by atoms with Crippen molar-refractivity contribution in [2.45, 2.75) is 194 Å². The van der Waals surface area contributed by atoms with Crippen LogP contribution in [0.25, 0.3) is 0 Å². The standard InChI is InChI=1S/C57H70O17/c1-31-21-36-15-17-42-32(2)22-38(66-42)19-20-57-27-47-51(73-57)52-53(72-47)54(74-57)50-43(71-52)18-16-37(68-50)23-35(58)24-40-44(26-45(67-36)41(31)29-64-48(59)30-62-3)70-46(49(40)63-4)25-39(69-56(61)34-13-9-6-10-14-34)28-65-55(60)33-11-7-5-8-12-33/h5-14,36-40,42-47,49-54H,2,15-30H2,1,3-4H3/t36?,37-,38?,39+,40?,42?,43+,44+,45-,46-,47?,49-,50+,51+,52+,53-,54+,57+/m1/s1. The van der Waals surface area contributed by atoms with Gasteiger partial charge in [-0.05, 0) is 87.3 Å². The van der Waals surface area contributed by atoms with Crippen LogP contribution in [0.5, 0.6) is 0 Å². The molecule has 74 heavy (non-hydrogen) atoms. The number of hydrogen-bond acceptors (Lipinski definition) is 17. The van der Waals surface area contributed by atoms with Gasteiger partial charge in [-0.3, -0.25) is 4.79 Å². The number of rotatable bonds is 12. The van der Waals surface area contributed by atoms with Crippen LogP contribution in [-0.2, 0) is 71.2 Å². The Bertz CT molecular complexity index is 2390. The molecule has 0 aliphatic carbocycles. The molecule has 0 aromatic heterocycles. The van der Waals surface area contributed by atoms with Gasteiger partial charge < -0.3 is 61.6 Å². The lowest BCUT2D eigenvalue weighted by molar-refractivity contribution is -0.292. The fourth-order valence-corrected chi connectivity index (χ4v) is 13.3. The Morgan fingerprint density at radius 3 is 2.15 bits per heavy atom. The molecule has 10 aliphatic heterocycles. The summed E-state index contributed by atoms with van der Waals surface area (Å²) < 4.78 is 84.1. The first-order chi connectivity index (χ1) is 35.9. The van der Waals surface area contributed by atoms with E-state index in [0.29, 0.717) is 62.5 Å². The summed E-state index contributed by atoms with van der Waals surface area (Å²) in [6, 6.07) is 17.2. The molecule has 0 N–H and O–H groups in total. The molecule has 9 fully saturated rings.